The van der Waals surface area contributed by atoms with E-state index in [-0.39, 0.29) is 25.0 Å². The fourth-order valence-corrected chi connectivity index (χ4v) is 4.07. The van der Waals surface area contributed by atoms with Crippen LogP contribution in [-0.4, -0.2) is 36.4 Å². The molecule has 5 nitrogen and oxygen atoms in total. The van der Waals surface area contributed by atoms with E-state index in [0.717, 1.165) is 23.4 Å². The lowest BCUT2D eigenvalue weighted by Crippen LogP contribution is -2.43. The van der Waals surface area contributed by atoms with Crippen LogP contribution in [0.15, 0.2) is 48.5 Å². The van der Waals surface area contributed by atoms with Gasteiger partial charge in [-0.25, -0.2) is 0 Å². The molecule has 2 heterocycles. The molecule has 0 aromatic heterocycles. The molecular formula is C23H23F3N2O3. The number of carbonyl (C=O) groups is 2. The number of fused-ring (bicyclic) bond motifs is 1. The summed E-state index contributed by atoms with van der Waals surface area (Å²) in [7, 11) is 0. The monoisotopic (exact) mass is 432 g/mol. The van der Waals surface area contributed by atoms with E-state index in [1.165, 1.54) is 6.07 Å². The summed E-state index contributed by atoms with van der Waals surface area (Å²) in [4.78, 5) is 26.7. The van der Waals surface area contributed by atoms with Crippen molar-refractivity contribution in [2.24, 2.45) is 5.92 Å². The normalized spacial score (nSPS) is 19.5. The molecule has 1 saturated heterocycles. The van der Waals surface area contributed by atoms with Gasteiger partial charge in [-0.05, 0) is 42.2 Å². The highest BCUT2D eigenvalue weighted by Crippen LogP contribution is 2.32. The standard InChI is InChI=1S/C23H23F3N2O3/c24-23(25,26)18-7-3-6-15(12-18)19(13-28-10-4-9-21(28)29)27-22(30)17-11-16-5-1-2-8-20(16)31-14-17/h1-3,5-8,12,17,19H,4,9-11,13-14H2,(H,27,30)/t17-,19-/m0/s1. The van der Waals surface area contributed by atoms with E-state index in [9.17, 15) is 22.8 Å². The van der Waals surface area contributed by atoms with Crippen molar-refractivity contribution < 1.29 is 27.5 Å². The average molecular weight is 432 g/mol. The zero-order valence-corrected chi connectivity index (χ0v) is 16.8. The Morgan fingerprint density at radius 3 is 2.74 bits per heavy atom. The van der Waals surface area contributed by atoms with E-state index in [1.54, 1.807) is 11.0 Å². The second kappa shape index (κ2) is 8.61. The van der Waals surface area contributed by atoms with Gasteiger partial charge in [0.15, 0.2) is 0 Å². The fourth-order valence-electron chi connectivity index (χ4n) is 4.07. The molecule has 0 radical (unpaired) electrons. The minimum atomic E-state index is -4.49. The highest BCUT2D eigenvalue weighted by molar-refractivity contribution is 5.81. The van der Waals surface area contributed by atoms with E-state index >= 15 is 0 Å². The number of rotatable bonds is 5. The molecule has 164 valence electrons. The third-order valence-electron chi connectivity index (χ3n) is 5.76. The van der Waals surface area contributed by atoms with Crippen LogP contribution in [0, 0.1) is 5.92 Å². The van der Waals surface area contributed by atoms with Gasteiger partial charge in [0.25, 0.3) is 0 Å². The first-order chi connectivity index (χ1) is 14.8. The molecule has 0 unspecified atom stereocenters. The minimum absolute atomic E-state index is 0.0545. The Bertz CT molecular complexity index is 977. The van der Waals surface area contributed by atoms with Crippen LogP contribution in [0.5, 0.6) is 5.75 Å². The minimum Gasteiger partial charge on any atom is -0.492 e. The molecule has 2 aromatic rings. The molecule has 1 fully saturated rings. The molecule has 1 N–H and O–H groups in total. The van der Waals surface area contributed by atoms with Crippen molar-refractivity contribution in [1.82, 2.24) is 10.2 Å². The van der Waals surface area contributed by atoms with Gasteiger partial charge in [0, 0.05) is 19.5 Å². The summed E-state index contributed by atoms with van der Waals surface area (Å²) >= 11 is 0. The Balaban J connectivity index is 1.55. The number of hydrogen-bond acceptors (Lipinski definition) is 3. The number of likely N-dealkylation sites (tertiary alicyclic amines) is 1. The van der Waals surface area contributed by atoms with Crippen LogP contribution >= 0.6 is 0 Å². The number of ether oxygens (including phenoxy) is 1. The molecule has 0 aliphatic carbocycles. The first-order valence-electron chi connectivity index (χ1n) is 10.3. The molecule has 2 aromatic carbocycles. The summed E-state index contributed by atoms with van der Waals surface area (Å²) in [5.74, 6) is -0.0779. The Morgan fingerprint density at radius 1 is 1.19 bits per heavy atom. The third-order valence-corrected chi connectivity index (χ3v) is 5.76. The fraction of sp³-hybridized carbons (Fsp3) is 0.391. The highest BCUT2D eigenvalue weighted by Gasteiger charge is 2.33. The predicted molar refractivity (Wildman–Crippen MR) is 107 cm³/mol. The van der Waals surface area contributed by atoms with Gasteiger partial charge in [-0.1, -0.05) is 30.3 Å². The molecule has 4 rings (SSSR count). The van der Waals surface area contributed by atoms with Crippen molar-refractivity contribution in [2.45, 2.75) is 31.5 Å². The van der Waals surface area contributed by atoms with Crippen LogP contribution < -0.4 is 10.1 Å². The molecule has 2 amide bonds. The van der Waals surface area contributed by atoms with Crippen LogP contribution in [0.1, 0.15) is 35.6 Å². The number of para-hydroxylation sites is 1. The largest absolute Gasteiger partial charge is 0.492 e. The SMILES string of the molecule is O=C(N[C@@H](CN1CCCC1=O)c1cccc(C(F)(F)F)c1)[C@@H]1COc2ccccc2C1. The van der Waals surface area contributed by atoms with Crippen LogP contribution in [0.2, 0.25) is 0 Å². The lowest BCUT2D eigenvalue weighted by molar-refractivity contribution is -0.137. The van der Waals surface area contributed by atoms with Crippen molar-refractivity contribution >= 4 is 11.8 Å². The molecule has 0 bridgehead atoms. The second-order valence-corrected chi connectivity index (χ2v) is 7.95. The van der Waals surface area contributed by atoms with Gasteiger partial charge in [-0.2, -0.15) is 13.2 Å². The third kappa shape index (κ3) is 4.84. The second-order valence-electron chi connectivity index (χ2n) is 7.95. The van der Waals surface area contributed by atoms with E-state index < -0.39 is 23.7 Å². The summed E-state index contributed by atoms with van der Waals surface area (Å²) in [6.45, 7) is 0.862. The van der Waals surface area contributed by atoms with Gasteiger partial charge in [0.2, 0.25) is 11.8 Å². The van der Waals surface area contributed by atoms with Gasteiger partial charge < -0.3 is 15.0 Å². The van der Waals surface area contributed by atoms with Crippen LogP contribution in [-0.2, 0) is 22.2 Å². The Hall–Kier alpha value is -3.03. The number of hydrogen-bond donors (Lipinski definition) is 1. The summed E-state index contributed by atoms with van der Waals surface area (Å²) < 4.78 is 45.4. The lowest BCUT2D eigenvalue weighted by Gasteiger charge is -2.29. The smallest absolute Gasteiger partial charge is 0.416 e. The highest BCUT2D eigenvalue weighted by atomic mass is 19.4. The Kier molecular flexibility index (Phi) is 5.89. The van der Waals surface area contributed by atoms with Crippen molar-refractivity contribution in [3.8, 4) is 5.75 Å². The van der Waals surface area contributed by atoms with Crippen molar-refractivity contribution in [1.29, 1.82) is 0 Å². The lowest BCUT2D eigenvalue weighted by atomic mass is 9.95. The molecule has 2 aliphatic heterocycles. The topological polar surface area (TPSA) is 58.6 Å². The Morgan fingerprint density at radius 2 is 2.00 bits per heavy atom. The average Bonchev–Trinajstić information content (AvgIpc) is 3.16. The van der Waals surface area contributed by atoms with E-state index in [2.05, 4.69) is 5.32 Å². The number of halogens is 3. The first-order valence-corrected chi connectivity index (χ1v) is 10.3. The van der Waals surface area contributed by atoms with Crippen molar-refractivity contribution in [2.75, 3.05) is 19.7 Å². The summed E-state index contributed by atoms with van der Waals surface area (Å²) in [5, 5.41) is 2.88. The molecular weight excluding hydrogens is 409 g/mol. The van der Waals surface area contributed by atoms with Crippen LogP contribution in [0.3, 0.4) is 0 Å². The van der Waals surface area contributed by atoms with Gasteiger partial charge in [0.1, 0.15) is 12.4 Å². The van der Waals surface area contributed by atoms with Crippen LogP contribution in [0.25, 0.3) is 0 Å². The summed E-state index contributed by atoms with van der Waals surface area (Å²) in [6, 6.07) is 11.6. The number of nitrogens with zero attached hydrogens (tertiary/aromatic N) is 1. The van der Waals surface area contributed by atoms with Crippen LogP contribution in [0.4, 0.5) is 13.2 Å². The molecule has 2 aliphatic rings. The van der Waals surface area contributed by atoms with Gasteiger partial charge in [-0.15, -0.1) is 0 Å². The molecule has 2 atom stereocenters. The number of alkyl halides is 3. The number of carbonyl (C=O) groups excluding carboxylic acids is 2. The zero-order valence-electron chi connectivity index (χ0n) is 16.8. The molecule has 31 heavy (non-hydrogen) atoms. The maximum atomic E-state index is 13.2. The van der Waals surface area contributed by atoms with E-state index in [4.69, 9.17) is 4.74 Å². The first kappa shape index (κ1) is 21.2. The quantitative estimate of drug-likeness (QED) is 0.783. The maximum Gasteiger partial charge on any atom is 0.416 e. The van der Waals surface area contributed by atoms with Gasteiger partial charge in [-0.3, -0.25) is 9.59 Å². The Labute approximate surface area is 178 Å². The molecule has 0 saturated carbocycles. The molecule has 8 heteroatoms. The van der Waals surface area contributed by atoms with E-state index in [0.29, 0.717) is 31.4 Å². The van der Waals surface area contributed by atoms with Crippen molar-refractivity contribution in [3.05, 3.63) is 65.2 Å². The van der Waals surface area contributed by atoms with Crippen molar-refractivity contribution in [3.63, 3.8) is 0 Å². The molecule has 0 spiro atoms. The number of nitrogens with one attached hydrogen (secondary N) is 1. The number of benzene rings is 2. The van der Waals surface area contributed by atoms with Gasteiger partial charge >= 0.3 is 6.18 Å². The predicted octanol–water partition coefficient (Wildman–Crippen LogP) is 3.74. The number of amides is 2. The van der Waals surface area contributed by atoms with E-state index in [1.807, 2.05) is 24.3 Å². The maximum absolute atomic E-state index is 13.2. The summed E-state index contributed by atoms with van der Waals surface area (Å²) in [5.41, 5.74) is 0.450. The summed E-state index contributed by atoms with van der Waals surface area (Å²) in [6.07, 6.45) is -2.89. The zero-order chi connectivity index (χ0) is 22.0. The van der Waals surface area contributed by atoms with Gasteiger partial charge in [0.05, 0.1) is 17.5 Å².